The van der Waals surface area contributed by atoms with Crippen LogP contribution in [0, 0.1) is 19.3 Å². The highest BCUT2D eigenvalue weighted by Crippen LogP contribution is 2.43. The normalized spacial score (nSPS) is 26.4. The average molecular weight is 279 g/mol. The minimum atomic E-state index is 0.200. The van der Waals surface area contributed by atoms with Crippen molar-refractivity contribution >= 4 is 0 Å². The number of hydrogen-bond acceptors (Lipinski definition) is 3. The fourth-order valence-electron chi connectivity index (χ4n) is 3.60. The second-order valence-corrected chi connectivity index (χ2v) is 6.62. The summed E-state index contributed by atoms with van der Waals surface area (Å²) >= 11 is 0. The molecule has 0 aromatic carbocycles. The van der Waals surface area contributed by atoms with Crippen molar-refractivity contribution in [2.75, 3.05) is 7.11 Å². The Balaban J connectivity index is 2.10. The van der Waals surface area contributed by atoms with Crippen LogP contribution in [0.25, 0.3) is 0 Å². The molecule has 1 saturated carbocycles. The summed E-state index contributed by atoms with van der Waals surface area (Å²) in [6, 6.07) is 0.837. The Labute approximate surface area is 122 Å². The van der Waals surface area contributed by atoms with Crippen molar-refractivity contribution in [2.24, 2.45) is 5.41 Å². The fraction of sp³-hybridized carbons (Fsp3) is 0.812. The van der Waals surface area contributed by atoms with Gasteiger partial charge in [-0.25, -0.2) is 0 Å². The van der Waals surface area contributed by atoms with Gasteiger partial charge in [0.2, 0.25) is 0 Å². The summed E-state index contributed by atoms with van der Waals surface area (Å²) in [5, 5.41) is 8.39. The maximum atomic E-state index is 5.53. The molecule has 1 heterocycles. The minimum absolute atomic E-state index is 0.200. The molecular weight excluding hydrogens is 250 g/mol. The largest absolute Gasteiger partial charge is 0.381 e. The lowest BCUT2D eigenvalue weighted by Crippen LogP contribution is -2.61. The zero-order valence-electron chi connectivity index (χ0n) is 13.9. The fourth-order valence-corrected chi connectivity index (χ4v) is 3.60. The Bertz CT molecular complexity index is 478. The first-order valence-corrected chi connectivity index (χ1v) is 7.65. The third-order valence-corrected chi connectivity index (χ3v) is 5.08. The van der Waals surface area contributed by atoms with Crippen LogP contribution in [0.5, 0.6) is 0 Å². The summed E-state index contributed by atoms with van der Waals surface area (Å²) in [5.74, 6) is 0. The number of methoxy groups -OCH3 is 1. The van der Waals surface area contributed by atoms with Gasteiger partial charge in [-0.2, -0.15) is 5.10 Å². The predicted octanol–water partition coefficient (Wildman–Crippen LogP) is 2.98. The van der Waals surface area contributed by atoms with E-state index in [0.29, 0.717) is 18.2 Å². The van der Waals surface area contributed by atoms with Crippen LogP contribution in [-0.2, 0) is 11.3 Å². The lowest BCUT2D eigenvalue weighted by molar-refractivity contribution is -0.0999. The van der Waals surface area contributed by atoms with E-state index >= 15 is 0 Å². The maximum absolute atomic E-state index is 5.53. The van der Waals surface area contributed by atoms with Crippen LogP contribution in [0.15, 0.2) is 0 Å². The lowest BCUT2D eigenvalue weighted by Gasteiger charge is -2.52. The monoisotopic (exact) mass is 279 g/mol. The summed E-state index contributed by atoms with van der Waals surface area (Å²) < 4.78 is 7.62. The Hall–Kier alpha value is -0.870. The van der Waals surface area contributed by atoms with Gasteiger partial charge < -0.3 is 10.1 Å². The molecule has 20 heavy (non-hydrogen) atoms. The molecule has 1 fully saturated rings. The Morgan fingerprint density at radius 2 is 2.10 bits per heavy atom. The number of nitrogens with zero attached hydrogens (tertiary/aromatic N) is 2. The van der Waals surface area contributed by atoms with Crippen molar-refractivity contribution in [3.05, 3.63) is 17.0 Å². The summed E-state index contributed by atoms with van der Waals surface area (Å²) in [4.78, 5) is 0. The zero-order chi connectivity index (χ0) is 15.1. The average Bonchev–Trinajstić information content (AvgIpc) is 2.68. The van der Waals surface area contributed by atoms with Crippen molar-refractivity contribution in [2.45, 2.75) is 72.7 Å². The molecule has 0 saturated heterocycles. The van der Waals surface area contributed by atoms with Crippen LogP contribution in [-0.4, -0.2) is 29.0 Å². The molecule has 1 N–H and O–H groups in total. The van der Waals surface area contributed by atoms with Gasteiger partial charge in [0.15, 0.2) is 0 Å². The van der Waals surface area contributed by atoms with E-state index in [9.17, 15) is 0 Å². The van der Waals surface area contributed by atoms with Crippen molar-refractivity contribution in [1.82, 2.24) is 15.1 Å². The summed E-state index contributed by atoms with van der Waals surface area (Å²) in [6.07, 6.45) is 1.46. The van der Waals surface area contributed by atoms with Gasteiger partial charge in [0.25, 0.3) is 0 Å². The molecule has 4 nitrogen and oxygen atoms in total. The molecule has 0 radical (unpaired) electrons. The van der Waals surface area contributed by atoms with Gasteiger partial charge in [-0.3, -0.25) is 4.68 Å². The minimum Gasteiger partial charge on any atom is -0.381 e. The van der Waals surface area contributed by atoms with Crippen LogP contribution >= 0.6 is 0 Å². The molecule has 0 spiro atoms. The van der Waals surface area contributed by atoms with Crippen LogP contribution in [0.2, 0.25) is 0 Å². The molecule has 0 amide bonds. The summed E-state index contributed by atoms with van der Waals surface area (Å²) in [7, 11) is 1.81. The van der Waals surface area contributed by atoms with E-state index in [1.165, 1.54) is 11.3 Å². The Morgan fingerprint density at radius 1 is 1.45 bits per heavy atom. The van der Waals surface area contributed by atoms with Crippen molar-refractivity contribution < 1.29 is 4.74 Å². The van der Waals surface area contributed by atoms with Crippen molar-refractivity contribution in [3.63, 3.8) is 0 Å². The summed E-state index contributed by atoms with van der Waals surface area (Å²) in [6.45, 7) is 14.2. The first kappa shape index (κ1) is 15.5. The van der Waals surface area contributed by atoms with Crippen LogP contribution in [0.3, 0.4) is 0 Å². The van der Waals surface area contributed by atoms with E-state index in [4.69, 9.17) is 4.74 Å². The molecule has 3 unspecified atom stereocenters. The van der Waals surface area contributed by atoms with Crippen molar-refractivity contribution in [3.8, 4) is 0 Å². The molecule has 1 aromatic heterocycles. The maximum Gasteiger partial charge on any atom is 0.0652 e. The zero-order valence-corrected chi connectivity index (χ0v) is 13.9. The number of rotatable bonds is 5. The third kappa shape index (κ3) is 2.40. The second-order valence-electron chi connectivity index (χ2n) is 6.62. The SMILES string of the molecule is CCn1nc(C)c(C(C)NC2CC(OC)C2(C)C)c1C. The molecule has 1 aliphatic rings. The van der Waals surface area contributed by atoms with Gasteiger partial charge in [0.1, 0.15) is 0 Å². The lowest BCUT2D eigenvalue weighted by atomic mass is 9.64. The second kappa shape index (κ2) is 5.49. The highest BCUT2D eigenvalue weighted by molar-refractivity contribution is 5.28. The van der Waals surface area contributed by atoms with E-state index in [-0.39, 0.29) is 5.41 Å². The molecule has 2 rings (SSSR count). The molecule has 3 atom stereocenters. The number of nitrogens with one attached hydrogen (secondary N) is 1. The van der Waals surface area contributed by atoms with Gasteiger partial charge in [0, 0.05) is 42.4 Å². The van der Waals surface area contributed by atoms with E-state index in [1.807, 2.05) is 7.11 Å². The first-order chi connectivity index (χ1) is 9.32. The molecule has 0 aliphatic heterocycles. The summed E-state index contributed by atoms with van der Waals surface area (Å²) in [5.41, 5.74) is 3.98. The molecule has 114 valence electrons. The van der Waals surface area contributed by atoms with Gasteiger partial charge in [0.05, 0.1) is 11.8 Å². The van der Waals surface area contributed by atoms with Crippen LogP contribution in [0.1, 0.15) is 57.1 Å². The predicted molar refractivity (Wildman–Crippen MR) is 81.9 cm³/mol. The highest BCUT2D eigenvalue weighted by atomic mass is 16.5. The molecule has 1 aliphatic carbocycles. The van der Waals surface area contributed by atoms with Gasteiger partial charge in [-0.05, 0) is 34.1 Å². The topological polar surface area (TPSA) is 39.1 Å². The Morgan fingerprint density at radius 3 is 2.55 bits per heavy atom. The number of aryl methyl sites for hydroxylation is 2. The number of ether oxygens (including phenoxy) is 1. The first-order valence-electron chi connectivity index (χ1n) is 7.65. The Kier molecular flexibility index (Phi) is 4.26. The van der Waals surface area contributed by atoms with Crippen molar-refractivity contribution in [1.29, 1.82) is 0 Å². The quantitative estimate of drug-likeness (QED) is 0.900. The number of hydrogen-bond donors (Lipinski definition) is 1. The number of aromatic nitrogens is 2. The smallest absolute Gasteiger partial charge is 0.0652 e. The molecule has 4 heteroatoms. The third-order valence-electron chi connectivity index (χ3n) is 5.08. The van der Waals surface area contributed by atoms with Crippen LogP contribution in [0.4, 0.5) is 0 Å². The molecule has 1 aromatic rings. The molecule has 0 bridgehead atoms. The van der Waals surface area contributed by atoms with Gasteiger partial charge >= 0.3 is 0 Å². The van der Waals surface area contributed by atoms with Gasteiger partial charge in [-0.1, -0.05) is 13.8 Å². The van der Waals surface area contributed by atoms with E-state index in [2.05, 4.69) is 56.6 Å². The van der Waals surface area contributed by atoms with E-state index in [1.54, 1.807) is 0 Å². The van der Waals surface area contributed by atoms with E-state index < -0.39 is 0 Å². The standard InChI is InChI=1S/C16H29N3O/c1-8-19-12(4)15(11(3)18-19)10(2)17-13-9-14(20-7)16(13,5)6/h10,13-14,17H,8-9H2,1-7H3. The van der Waals surface area contributed by atoms with Gasteiger partial charge in [-0.15, -0.1) is 0 Å². The highest BCUT2D eigenvalue weighted by Gasteiger charge is 2.48. The molecular formula is C16H29N3O. The van der Waals surface area contributed by atoms with E-state index in [0.717, 1.165) is 18.7 Å². The van der Waals surface area contributed by atoms with Crippen LogP contribution < -0.4 is 5.32 Å².